The topological polar surface area (TPSA) is 116 Å². The molecule has 1 aliphatic rings. The third-order valence-corrected chi connectivity index (χ3v) is 12.6. The molecule has 0 unspecified atom stereocenters. The number of rotatable bonds is 4. The van der Waals surface area contributed by atoms with Crippen LogP contribution in [-0.2, 0) is 23.4 Å². The quantitative estimate of drug-likeness (QED) is 0.0974. The summed E-state index contributed by atoms with van der Waals surface area (Å²) in [5.41, 5.74) is 9.93. The third-order valence-electron chi connectivity index (χ3n) is 11.8. The smallest absolute Gasteiger partial charge is 0.399 e. The van der Waals surface area contributed by atoms with Gasteiger partial charge in [-0.1, -0.05) is 60.7 Å². The summed E-state index contributed by atoms with van der Waals surface area (Å²) in [6.07, 6.45) is 7.01. The van der Waals surface area contributed by atoms with E-state index in [1.165, 1.54) is 24.5 Å². The predicted molar refractivity (Wildman–Crippen MR) is 256 cm³/mol. The predicted octanol–water partition coefficient (Wildman–Crippen LogP) is 9.77. The zero-order valence-electron chi connectivity index (χ0n) is 36.5. The molecule has 7 heterocycles. The zero-order valence-corrected chi connectivity index (χ0v) is 38.7. The molecule has 16 heteroatoms. The number of benzene rings is 4. The van der Waals surface area contributed by atoms with Gasteiger partial charge in [0.1, 0.15) is 9.39 Å². The van der Waals surface area contributed by atoms with Crippen molar-refractivity contribution < 1.29 is 18.1 Å². The average molecular weight is 969 g/mol. The molecule has 0 saturated carbocycles. The lowest BCUT2D eigenvalue weighted by atomic mass is 9.77. The summed E-state index contributed by atoms with van der Waals surface area (Å²) in [6, 6.07) is 30.4. The molecule has 0 atom stereocenters. The van der Waals surface area contributed by atoms with E-state index in [1.54, 1.807) is 16.8 Å². The van der Waals surface area contributed by atoms with Crippen molar-refractivity contribution in [1.29, 1.82) is 0 Å². The Morgan fingerprint density at radius 1 is 0.562 bits per heavy atom. The Morgan fingerprint density at radius 2 is 1.06 bits per heavy atom. The van der Waals surface area contributed by atoms with Crippen LogP contribution in [0.25, 0.3) is 66.2 Å². The maximum absolute atomic E-state index is 13.3. The second-order valence-corrected chi connectivity index (χ2v) is 17.8. The Bertz CT molecular complexity index is 3320. The van der Waals surface area contributed by atoms with Crippen LogP contribution >= 0.6 is 22.6 Å². The molecule has 6 aromatic heterocycles. The molecular formula is C48H44BF2IN10O2. The molecule has 12 nitrogen and oxygen atoms in total. The summed E-state index contributed by atoms with van der Waals surface area (Å²) < 4.78 is 46.6. The number of halogens is 3. The molecule has 0 amide bonds. The molecule has 11 rings (SSSR count). The minimum absolute atomic E-state index is 0.317. The number of nitrogens with zero attached hydrogens (tertiary/aromatic N) is 10. The highest BCUT2D eigenvalue weighted by molar-refractivity contribution is 14.1. The van der Waals surface area contributed by atoms with Crippen molar-refractivity contribution in [2.45, 2.75) is 52.7 Å². The summed E-state index contributed by atoms with van der Waals surface area (Å²) in [5, 5.41) is 22.6. The molecule has 1 fully saturated rings. The first-order chi connectivity index (χ1) is 30.6. The van der Waals surface area contributed by atoms with Gasteiger partial charge in [0.25, 0.3) is 0 Å². The van der Waals surface area contributed by atoms with Gasteiger partial charge in [-0.3, -0.25) is 9.36 Å². The van der Waals surface area contributed by atoms with E-state index in [-0.39, 0.29) is 18.3 Å². The van der Waals surface area contributed by atoms with Gasteiger partial charge < -0.3 is 9.31 Å². The molecule has 4 aromatic carbocycles. The van der Waals surface area contributed by atoms with Crippen LogP contribution in [0.15, 0.2) is 122 Å². The largest absolute Gasteiger partial charge is 0.495 e. The van der Waals surface area contributed by atoms with Crippen molar-refractivity contribution >= 4 is 78.8 Å². The Hall–Kier alpha value is -6.37. The SMILES string of the molecule is Cc1cccc2c(-c3cccc4nn(C)cc34)nn(-c3ccc(F)nc3)c12.Cc1cccc2c(I)nn(-c3ccc(F)nc3)c12.Cn1cc2c(B3OC(C)(C)C(C)(C)O3)cccc2n1. The van der Waals surface area contributed by atoms with Gasteiger partial charge in [0.2, 0.25) is 11.9 Å². The van der Waals surface area contributed by atoms with E-state index in [0.717, 1.165) is 86.5 Å². The van der Waals surface area contributed by atoms with Crippen molar-refractivity contribution in [1.82, 2.24) is 49.1 Å². The molecule has 0 spiro atoms. The van der Waals surface area contributed by atoms with Crippen molar-refractivity contribution in [3.05, 3.63) is 149 Å². The van der Waals surface area contributed by atoms with Gasteiger partial charge >= 0.3 is 7.12 Å². The maximum Gasteiger partial charge on any atom is 0.495 e. The van der Waals surface area contributed by atoms with E-state index in [2.05, 4.69) is 87.7 Å². The van der Waals surface area contributed by atoms with E-state index < -0.39 is 11.9 Å². The molecule has 0 N–H and O–H groups in total. The maximum atomic E-state index is 13.3. The van der Waals surface area contributed by atoms with Gasteiger partial charge in [0.05, 0.1) is 57.0 Å². The highest BCUT2D eigenvalue weighted by Crippen LogP contribution is 2.38. The van der Waals surface area contributed by atoms with Crippen LogP contribution in [0.3, 0.4) is 0 Å². The number of hydrogen-bond acceptors (Lipinski definition) is 8. The van der Waals surface area contributed by atoms with E-state index >= 15 is 0 Å². The molecule has 1 aliphatic heterocycles. The summed E-state index contributed by atoms with van der Waals surface area (Å²) in [7, 11) is 3.50. The van der Waals surface area contributed by atoms with Crippen molar-refractivity contribution in [2.24, 2.45) is 14.1 Å². The number of pyridine rings is 2. The first-order valence-electron chi connectivity index (χ1n) is 20.7. The van der Waals surface area contributed by atoms with Crippen molar-refractivity contribution in [3.8, 4) is 22.6 Å². The summed E-state index contributed by atoms with van der Waals surface area (Å²) in [5.74, 6) is -0.992. The van der Waals surface area contributed by atoms with Crippen molar-refractivity contribution in [2.75, 3.05) is 0 Å². The van der Waals surface area contributed by atoms with Gasteiger partial charge in [0, 0.05) is 53.6 Å². The van der Waals surface area contributed by atoms with Gasteiger partial charge in [-0.15, -0.1) is 0 Å². The van der Waals surface area contributed by atoms with E-state index in [1.807, 2.05) is 115 Å². The lowest BCUT2D eigenvalue weighted by molar-refractivity contribution is 0.00578. The number of fused-ring (bicyclic) bond motifs is 4. The number of aromatic nitrogens is 10. The molecule has 0 radical (unpaired) electrons. The molecule has 1 saturated heterocycles. The van der Waals surface area contributed by atoms with Gasteiger partial charge in [-0.05, 0) is 117 Å². The number of para-hydroxylation sites is 2. The first kappa shape index (κ1) is 42.9. The fourth-order valence-corrected chi connectivity index (χ4v) is 8.57. The Morgan fingerprint density at radius 3 is 1.64 bits per heavy atom. The number of hydrogen-bond donors (Lipinski definition) is 0. The second kappa shape index (κ2) is 16.6. The summed E-state index contributed by atoms with van der Waals surface area (Å²) in [4.78, 5) is 7.46. The van der Waals surface area contributed by atoms with Crippen LogP contribution in [0.4, 0.5) is 8.78 Å². The third kappa shape index (κ3) is 7.94. The van der Waals surface area contributed by atoms with E-state index in [0.29, 0.717) is 0 Å². The Balaban J connectivity index is 0.000000125. The molecular weight excluding hydrogens is 924 g/mol. The fourth-order valence-electron chi connectivity index (χ4n) is 7.92. The van der Waals surface area contributed by atoms with Gasteiger partial charge in [-0.25, -0.2) is 19.3 Å². The zero-order chi connectivity index (χ0) is 45.1. The lowest BCUT2D eigenvalue weighted by Gasteiger charge is -2.32. The van der Waals surface area contributed by atoms with E-state index in [9.17, 15) is 8.78 Å². The monoisotopic (exact) mass is 968 g/mol. The minimum Gasteiger partial charge on any atom is -0.399 e. The minimum atomic E-state index is -0.507. The van der Waals surface area contributed by atoms with Crippen LogP contribution in [0.1, 0.15) is 38.8 Å². The summed E-state index contributed by atoms with van der Waals surface area (Å²) in [6.45, 7) is 12.3. The second-order valence-electron chi connectivity index (χ2n) is 16.8. The van der Waals surface area contributed by atoms with Crippen molar-refractivity contribution in [3.63, 3.8) is 0 Å². The highest BCUT2D eigenvalue weighted by atomic mass is 127. The van der Waals surface area contributed by atoms with Crippen LogP contribution in [0, 0.1) is 29.4 Å². The van der Waals surface area contributed by atoms with Crippen LogP contribution < -0.4 is 5.46 Å². The van der Waals surface area contributed by atoms with Crippen LogP contribution in [0.5, 0.6) is 0 Å². The fraction of sp³-hybridized carbons (Fsp3) is 0.208. The average Bonchev–Trinajstić information content (AvgIpc) is 4.07. The highest BCUT2D eigenvalue weighted by Gasteiger charge is 2.52. The molecule has 0 bridgehead atoms. The normalized spacial score (nSPS) is 14.3. The van der Waals surface area contributed by atoms with E-state index in [4.69, 9.17) is 14.4 Å². The molecule has 0 aliphatic carbocycles. The van der Waals surface area contributed by atoms with Crippen LogP contribution in [-0.4, -0.2) is 67.4 Å². The van der Waals surface area contributed by atoms with Gasteiger partial charge in [-0.2, -0.15) is 29.2 Å². The number of aryl methyl sites for hydroxylation is 4. The first-order valence-corrected chi connectivity index (χ1v) is 21.7. The standard InChI is InChI=1S/C21H16FN5.C14H19BN2O2.C13H9FIN3/c1-13-5-3-7-16-20(15-6-4-8-18-17(15)12-26(2)24-18)25-27(21(13)16)14-9-10-19(22)23-11-14;1-13(2)14(3,4)19-15(18-13)11-7-6-8-12-10(11)9-17(5)16-12;1-8-3-2-4-10-12(8)18(17-13(10)15)9-5-6-11(14)16-7-9/h3-12H,1-2H3;6-9H,1-5H3;2-7H,1H3. The Labute approximate surface area is 382 Å². The summed E-state index contributed by atoms with van der Waals surface area (Å²) >= 11 is 2.20. The lowest BCUT2D eigenvalue weighted by Crippen LogP contribution is -2.41. The van der Waals surface area contributed by atoms with Gasteiger partial charge in [0.15, 0.2) is 0 Å². The van der Waals surface area contributed by atoms with Crippen LogP contribution in [0.2, 0.25) is 0 Å². The molecule has 10 aromatic rings. The molecule has 322 valence electrons. The molecule has 64 heavy (non-hydrogen) atoms. The Kier molecular flexibility index (Phi) is 11.2.